The van der Waals surface area contributed by atoms with E-state index in [-0.39, 0.29) is 35.7 Å². The summed E-state index contributed by atoms with van der Waals surface area (Å²) < 4.78 is 26.8. The van der Waals surface area contributed by atoms with E-state index in [0.717, 1.165) is 0 Å². The summed E-state index contributed by atoms with van der Waals surface area (Å²) >= 11 is 0. The van der Waals surface area contributed by atoms with Crippen LogP contribution in [0.2, 0.25) is 0 Å². The van der Waals surface area contributed by atoms with Crippen molar-refractivity contribution in [2.45, 2.75) is 0 Å². The Balaban J connectivity index is 1.92. The number of halogens is 2. The maximum absolute atomic E-state index is 13.4. The van der Waals surface area contributed by atoms with Crippen LogP contribution in [0.15, 0.2) is 46.4 Å². The van der Waals surface area contributed by atoms with Crippen molar-refractivity contribution in [2.24, 2.45) is 9.98 Å². The van der Waals surface area contributed by atoms with Gasteiger partial charge in [0, 0.05) is 12.4 Å². The average molecular weight is 304 g/mol. The zero-order valence-electron chi connectivity index (χ0n) is 11.6. The molecule has 0 saturated carbocycles. The Morgan fingerprint density at radius 3 is 1.55 bits per heavy atom. The van der Waals surface area contributed by atoms with Gasteiger partial charge in [0.05, 0.1) is 24.2 Å². The Bertz CT molecular complexity index is 613. The van der Waals surface area contributed by atoms with Gasteiger partial charge in [0.2, 0.25) is 0 Å². The molecule has 0 spiro atoms. The first kappa shape index (κ1) is 15.6. The molecule has 2 aromatic rings. The minimum atomic E-state index is -0.566. The first-order valence-corrected chi connectivity index (χ1v) is 6.54. The number of hydrogen-bond acceptors (Lipinski definition) is 4. The van der Waals surface area contributed by atoms with Gasteiger partial charge in [-0.25, -0.2) is 8.78 Å². The van der Waals surface area contributed by atoms with E-state index in [4.69, 9.17) is 0 Å². The molecule has 6 heteroatoms. The molecule has 2 rings (SSSR count). The third-order valence-corrected chi connectivity index (χ3v) is 2.86. The highest BCUT2D eigenvalue weighted by Gasteiger charge is 2.04. The third kappa shape index (κ3) is 3.88. The highest BCUT2D eigenvalue weighted by atomic mass is 19.1. The van der Waals surface area contributed by atoms with Gasteiger partial charge in [0.25, 0.3) is 0 Å². The van der Waals surface area contributed by atoms with E-state index < -0.39 is 11.6 Å². The number of aliphatic imine (C=N–C) groups is 2. The van der Waals surface area contributed by atoms with Gasteiger partial charge < -0.3 is 10.2 Å². The monoisotopic (exact) mass is 304 g/mol. The maximum atomic E-state index is 13.4. The summed E-state index contributed by atoms with van der Waals surface area (Å²) in [6.07, 6.45) is 2.45. The highest BCUT2D eigenvalue weighted by Crippen LogP contribution is 2.18. The van der Waals surface area contributed by atoms with Crippen LogP contribution >= 0.6 is 0 Å². The average Bonchev–Trinajstić information content (AvgIpc) is 2.47. The van der Waals surface area contributed by atoms with E-state index in [1.165, 1.54) is 48.8 Å². The molecule has 0 unspecified atom stereocenters. The van der Waals surface area contributed by atoms with Gasteiger partial charge in [-0.3, -0.25) is 9.98 Å². The van der Waals surface area contributed by atoms with Gasteiger partial charge in [0.15, 0.2) is 0 Å². The fraction of sp³-hybridized carbons (Fsp3) is 0.125. The van der Waals surface area contributed by atoms with Crippen LogP contribution < -0.4 is 0 Å². The van der Waals surface area contributed by atoms with Gasteiger partial charge in [-0.05, 0) is 24.3 Å². The molecule has 0 saturated heterocycles. The number of benzene rings is 2. The summed E-state index contributed by atoms with van der Waals surface area (Å²) in [5, 5.41) is 18.9. The van der Waals surface area contributed by atoms with Crippen LogP contribution in [0, 0.1) is 11.6 Å². The van der Waals surface area contributed by atoms with Crippen LogP contribution in [0.25, 0.3) is 0 Å². The summed E-state index contributed by atoms with van der Waals surface area (Å²) in [7, 11) is 0. The Morgan fingerprint density at radius 2 is 1.18 bits per heavy atom. The SMILES string of the molecule is Oc1cccc(F)c1C=NCCN=Cc1c(O)cccc1F. The molecule has 114 valence electrons. The van der Waals surface area contributed by atoms with E-state index in [0.29, 0.717) is 0 Å². The molecular weight excluding hydrogens is 290 g/mol. The molecule has 0 aliphatic rings. The first-order chi connectivity index (χ1) is 10.6. The second kappa shape index (κ2) is 7.31. The molecular formula is C16H14F2N2O2. The molecule has 0 atom stereocenters. The van der Waals surface area contributed by atoms with Crippen molar-refractivity contribution in [1.29, 1.82) is 0 Å². The van der Waals surface area contributed by atoms with E-state index in [9.17, 15) is 19.0 Å². The van der Waals surface area contributed by atoms with Crippen molar-refractivity contribution in [3.63, 3.8) is 0 Å². The molecule has 0 aliphatic heterocycles. The standard InChI is InChI=1S/C16H14F2N2O2/c17-13-3-1-5-15(21)11(13)9-19-7-8-20-10-12-14(18)4-2-6-16(12)22/h1-6,9-10,21-22H,7-8H2. The number of rotatable bonds is 5. The maximum Gasteiger partial charge on any atom is 0.135 e. The number of hydrogen-bond donors (Lipinski definition) is 2. The summed E-state index contributed by atoms with van der Waals surface area (Å²) in [5.41, 5.74) is 0.0245. The Morgan fingerprint density at radius 1 is 0.773 bits per heavy atom. The molecule has 0 aromatic heterocycles. The van der Waals surface area contributed by atoms with E-state index in [2.05, 4.69) is 9.98 Å². The first-order valence-electron chi connectivity index (χ1n) is 6.54. The smallest absolute Gasteiger partial charge is 0.135 e. The minimum absolute atomic E-state index is 0.0122. The lowest BCUT2D eigenvalue weighted by atomic mass is 10.2. The van der Waals surface area contributed by atoms with Crippen LogP contribution in [-0.2, 0) is 0 Å². The van der Waals surface area contributed by atoms with Crippen LogP contribution in [0.3, 0.4) is 0 Å². The van der Waals surface area contributed by atoms with Crippen LogP contribution in [0.1, 0.15) is 11.1 Å². The zero-order chi connectivity index (χ0) is 15.9. The van der Waals surface area contributed by atoms with Gasteiger partial charge in [-0.2, -0.15) is 0 Å². The fourth-order valence-electron chi connectivity index (χ4n) is 1.73. The molecule has 0 amide bonds. The summed E-state index contributed by atoms with van der Waals surface area (Å²) in [6.45, 7) is 0.471. The largest absolute Gasteiger partial charge is 0.507 e. The Labute approximate surface area is 126 Å². The summed E-state index contributed by atoms with van der Waals surface area (Å²) in [6, 6.07) is 7.97. The van der Waals surface area contributed by atoms with E-state index in [1.807, 2.05) is 0 Å². The second-order valence-corrected chi connectivity index (χ2v) is 4.42. The summed E-state index contributed by atoms with van der Waals surface area (Å²) in [4.78, 5) is 7.89. The second-order valence-electron chi connectivity index (χ2n) is 4.42. The van der Waals surface area contributed by atoms with Crippen LogP contribution in [0.4, 0.5) is 8.78 Å². The van der Waals surface area contributed by atoms with Gasteiger partial charge in [0.1, 0.15) is 23.1 Å². The molecule has 0 heterocycles. The van der Waals surface area contributed by atoms with Crippen LogP contribution in [-0.4, -0.2) is 35.7 Å². The topological polar surface area (TPSA) is 65.2 Å². The van der Waals surface area contributed by atoms with Crippen molar-refractivity contribution < 1.29 is 19.0 Å². The van der Waals surface area contributed by atoms with Crippen molar-refractivity contribution in [3.8, 4) is 11.5 Å². The number of phenols is 2. The zero-order valence-corrected chi connectivity index (χ0v) is 11.6. The molecule has 0 aliphatic carbocycles. The predicted molar refractivity (Wildman–Crippen MR) is 81.1 cm³/mol. The van der Waals surface area contributed by atoms with Gasteiger partial charge in [-0.1, -0.05) is 12.1 Å². The molecule has 2 aromatic carbocycles. The highest BCUT2D eigenvalue weighted by molar-refractivity contribution is 5.84. The number of phenolic OH excluding ortho intramolecular Hbond substituents is 2. The van der Waals surface area contributed by atoms with Crippen LogP contribution in [0.5, 0.6) is 11.5 Å². The number of aromatic hydroxyl groups is 2. The van der Waals surface area contributed by atoms with E-state index in [1.54, 1.807) is 0 Å². The fourth-order valence-corrected chi connectivity index (χ4v) is 1.73. The third-order valence-electron chi connectivity index (χ3n) is 2.86. The minimum Gasteiger partial charge on any atom is -0.507 e. The van der Waals surface area contributed by atoms with Crippen molar-refractivity contribution in [3.05, 3.63) is 59.2 Å². The number of nitrogens with zero attached hydrogens (tertiary/aromatic N) is 2. The van der Waals surface area contributed by atoms with Crippen molar-refractivity contribution >= 4 is 12.4 Å². The Hall–Kier alpha value is -2.76. The molecule has 22 heavy (non-hydrogen) atoms. The lowest BCUT2D eigenvalue weighted by Crippen LogP contribution is -1.94. The lowest BCUT2D eigenvalue weighted by Gasteiger charge is -2.00. The molecule has 4 nitrogen and oxygen atoms in total. The quantitative estimate of drug-likeness (QED) is 0.659. The van der Waals surface area contributed by atoms with Crippen molar-refractivity contribution in [2.75, 3.05) is 13.1 Å². The molecule has 2 N–H and O–H groups in total. The normalized spacial score (nSPS) is 11.5. The molecule has 0 radical (unpaired) electrons. The summed E-state index contributed by atoms with van der Waals surface area (Å²) in [5.74, 6) is -1.51. The van der Waals surface area contributed by atoms with Gasteiger partial charge >= 0.3 is 0 Å². The molecule has 0 bridgehead atoms. The lowest BCUT2D eigenvalue weighted by molar-refractivity contribution is 0.467. The van der Waals surface area contributed by atoms with E-state index >= 15 is 0 Å². The van der Waals surface area contributed by atoms with Gasteiger partial charge in [-0.15, -0.1) is 0 Å². The Kier molecular flexibility index (Phi) is 5.19. The van der Waals surface area contributed by atoms with Crippen molar-refractivity contribution in [1.82, 2.24) is 0 Å². The molecule has 0 fully saturated rings. The predicted octanol–water partition coefficient (Wildman–Crippen LogP) is 2.91.